The number of nitrogens with two attached hydrogens (primary N) is 1. The van der Waals surface area contributed by atoms with Crippen LogP contribution in [0.15, 0.2) is 48.5 Å². The van der Waals surface area contributed by atoms with E-state index in [1.54, 1.807) is 56.7 Å². The summed E-state index contributed by atoms with van der Waals surface area (Å²) in [6, 6.07) is 13.9. The van der Waals surface area contributed by atoms with Gasteiger partial charge in [-0.25, -0.2) is 9.97 Å². The number of rotatable bonds is 8. The van der Waals surface area contributed by atoms with Crippen molar-refractivity contribution in [1.82, 2.24) is 14.9 Å². The maximum atomic E-state index is 13.0. The van der Waals surface area contributed by atoms with Gasteiger partial charge in [-0.1, -0.05) is 23.6 Å². The van der Waals surface area contributed by atoms with Gasteiger partial charge < -0.3 is 30.2 Å². The number of hydrogen-bond donors (Lipinski definition) is 2. The zero-order valence-electron chi connectivity index (χ0n) is 23.0. The number of hydrogen-bond acceptors (Lipinski definition) is 8. The molecule has 9 nitrogen and oxygen atoms in total. The Balaban J connectivity index is 1.58. The van der Waals surface area contributed by atoms with Gasteiger partial charge in [0.15, 0.2) is 11.5 Å². The highest BCUT2D eigenvalue weighted by Gasteiger charge is 2.13. The van der Waals surface area contributed by atoms with Crippen molar-refractivity contribution in [3.63, 3.8) is 0 Å². The molecule has 1 amide bonds. The number of nitrogen functional groups attached to an aromatic ring is 1. The smallest absolute Gasteiger partial charge is 0.255 e. The quantitative estimate of drug-likeness (QED) is 0.297. The molecular weight excluding hydrogens is 530 g/mol. The zero-order valence-corrected chi connectivity index (χ0v) is 23.7. The fourth-order valence-corrected chi connectivity index (χ4v) is 4.07. The van der Waals surface area contributed by atoms with E-state index in [2.05, 4.69) is 27.1 Å². The van der Waals surface area contributed by atoms with E-state index in [-0.39, 0.29) is 11.9 Å². The predicted octanol–water partition coefficient (Wildman–Crippen LogP) is 4.78. The van der Waals surface area contributed by atoms with E-state index in [0.29, 0.717) is 62.3 Å². The number of benzene rings is 3. The van der Waals surface area contributed by atoms with Gasteiger partial charge in [0.25, 0.3) is 5.91 Å². The molecule has 0 spiro atoms. The monoisotopic (exact) mass is 559 g/mol. The SMILES string of the molecule is COc1cc2nc(N)nc(C#Cc3cc(C(=O)Nc4ccc(OCCN(C)C)c(Cl)c4)ccc3C)c2cc1OC. The van der Waals surface area contributed by atoms with Crippen LogP contribution in [0.3, 0.4) is 0 Å². The minimum Gasteiger partial charge on any atom is -0.493 e. The normalized spacial score (nSPS) is 10.7. The number of amides is 1. The lowest BCUT2D eigenvalue weighted by molar-refractivity contribution is 0.102. The van der Waals surface area contributed by atoms with Crippen LogP contribution in [0.4, 0.5) is 11.6 Å². The number of likely N-dealkylation sites (N-methyl/N-ethyl adjacent to an activating group) is 1. The summed E-state index contributed by atoms with van der Waals surface area (Å²) in [7, 11) is 7.03. The molecule has 0 aliphatic heterocycles. The summed E-state index contributed by atoms with van der Waals surface area (Å²) in [6.07, 6.45) is 0. The second-order valence-electron chi connectivity index (χ2n) is 9.19. The number of ether oxygens (including phenoxy) is 3. The van der Waals surface area contributed by atoms with Crippen molar-refractivity contribution in [3.8, 4) is 29.1 Å². The molecule has 40 heavy (non-hydrogen) atoms. The van der Waals surface area contributed by atoms with E-state index in [1.807, 2.05) is 32.0 Å². The molecule has 0 aliphatic carbocycles. The fourth-order valence-electron chi connectivity index (χ4n) is 3.83. The molecule has 4 rings (SSSR count). The molecule has 0 unspecified atom stereocenters. The maximum absolute atomic E-state index is 13.0. The van der Waals surface area contributed by atoms with Crippen molar-refractivity contribution >= 4 is 40.0 Å². The molecule has 0 aliphatic rings. The molecule has 0 radical (unpaired) electrons. The first-order valence-electron chi connectivity index (χ1n) is 12.4. The molecule has 206 valence electrons. The van der Waals surface area contributed by atoms with Crippen LogP contribution in [0.5, 0.6) is 17.2 Å². The van der Waals surface area contributed by atoms with E-state index in [9.17, 15) is 4.79 Å². The number of nitrogens with zero attached hydrogens (tertiary/aromatic N) is 3. The predicted molar refractivity (Wildman–Crippen MR) is 158 cm³/mol. The van der Waals surface area contributed by atoms with Crippen molar-refractivity contribution in [1.29, 1.82) is 0 Å². The molecule has 1 heterocycles. The van der Waals surface area contributed by atoms with Crippen LogP contribution in [0, 0.1) is 18.8 Å². The number of methoxy groups -OCH3 is 2. The van der Waals surface area contributed by atoms with Crippen molar-refractivity contribution < 1.29 is 19.0 Å². The summed E-state index contributed by atoms with van der Waals surface area (Å²) in [5.74, 6) is 7.60. The van der Waals surface area contributed by atoms with Crippen LogP contribution in [-0.2, 0) is 0 Å². The van der Waals surface area contributed by atoms with Gasteiger partial charge in [-0.2, -0.15) is 0 Å². The molecule has 10 heteroatoms. The molecule has 1 aromatic heterocycles. The lowest BCUT2D eigenvalue weighted by Gasteiger charge is -2.13. The third kappa shape index (κ3) is 6.72. The van der Waals surface area contributed by atoms with E-state index in [4.69, 9.17) is 31.5 Å². The highest BCUT2D eigenvalue weighted by atomic mass is 35.5. The standard InChI is InChI=1S/C30H30ClN5O4/c1-18-6-7-20(29(37)33-21-9-11-26(23(31)15-21)40-13-12-36(2)3)14-19(18)8-10-24-22-16-27(38-4)28(39-5)17-25(22)35-30(32)34-24/h6-7,9,11,14-17H,12-13H2,1-5H3,(H,33,37)(H2,32,34,35). The van der Waals surface area contributed by atoms with E-state index in [1.165, 1.54) is 0 Å². The molecule has 0 fully saturated rings. The molecule has 0 saturated carbocycles. The van der Waals surface area contributed by atoms with Gasteiger partial charge in [-0.05, 0) is 68.9 Å². The van der Waals surface area contributed by atoms with Crippen LogP contribution in [0.1, 0.15) is 27.2 Å². The van der Waals surface area contributed by atoms with Crippen molar-refractivity contribution in [3.05, 3.63) is 75.9 Å². The Morgan fingerprint density at radius 3 is 2.45 bits per heavy atom. The first-order chi connectivity index (χ1) is 19.2. The summed E-state index contributed by atoms with van der Waals surface area (Å²) in [5.41, 5.74) is 9.51. The summed E-state index contributed by atoms with van der Waals surface area (Å²) in [5, 5.41) is 3.96. The Morgan fingerprint density at radius 1 is 1.00 bits per heavy atom. The van der Waals surface area contributed by atoms with Crippen molar-refractivity contribution in [2.24, 2.45) is 0 Å². The topological polar surface area (TPSA) is 112 Å². The Morgan fingerprint density at radius 2 is 1.75 bits per heavy atom. The first kappa shape index (κ1) is 28.5. The second-order valence-corrected chi connectivity index (χ2v) is 9.59. The van der Waals surface area contributed by atoms with Gasteiger partial charge in [-0.15, -0.1) is 0 Å². The number of carbonyl (C=O) groups is 1. The number of nitrogens with one attached hydrogen (secondary N) is 1. The molecule has 0 atom stereocenters. The summed E-state index contributed by atoms with van der Waals surface area (Å²) in [4.78, 5) is 23.7. The van der Waals surface area contributed by atoms with Crippen molar-refractivity contribution in [2.75, 3.05) is 52.5 Å². The second kappa shape index (κ2) is 12.6. The number of aromatic nitrogens is 2. The van der Waals surface area contributed by atoms with Crippen LogP contribution in [0.25, 0.3) is 10.9 Å². The molecule has 0 saturated heterocycles. The molecule has 0 bridgehead atoms. The Hall–Kier alpha value is -4.52. The average Bonchev–Trinajstić information content (AvgIpc) is 2.92. The zero-order chi connectivity index (χ0) is 28.8. The van der Waals surface area contributed by atoms with E-state index < -0.39 is 0 Å². The first-order valence-corrected chi connectivity index (χ1v) is 12.8. The van der Waals surface area contributed by atoms with E-state index >= 15 is 0 Å². The number of halogens is 1. The van der Waals surface area contributed by atoms with E-state index in [0.717, 1.165) is 12.1 Å². The minimum absolute atomic E-state index is 0.0849. The van der Waals surface area contributed by atoms with Gasteiger partial charge in [0.05, 0.1) is 24.8 Å². The average molecular weight is 560 g/mol. The third-order valence-electron chi connectivity index (χ3n) is 6.02. The van der Waals surface area contributed by atoms with Gasteiger partial charge >= 0.3 is 0 Å². The highest BCUT2D eigenvalue weighted by molar-refractivity contribution is 6.32. The van der Waals surface area contributed by atoms with Gasteiger partial charge in [0.2, 0.25) is 5.95 Å². The number of anilines is 2. The molecule has 4 aromatic rings. The largest absolute Gasteiger partial charge is 0.493 e. The highest BCUT2D eigenvalue weighted by Crippen LogP contribution is 2.32. The van der Waals surface area contributed by atoms with Crippen LogP contribution >= 0.6 is 11.6 Å². The Labute approximate surface area is 238 Å². The fraction of sp³-hybridized carbons (Fsp3) is 0.233. The minimum atomic E-state index is -0.297. The maximum Gasteiger partial charge on any atom is 0.255 e. The lowest BCUT2D eigenvalue weighted by atomic mass is 10.0. The van der Waals surface area contributed by atoms with Gasteiger partial charge in [0, 0.05) is 34.8 Å². The number of fused-ring (bicyclic) bond motifs is 1. The van der Waals surface area contributed by atoms with Crippen LogP contribution in [-0.4, -0.2) is 62.2 Å². The number of carbonyl (C=O) groups excluding carboxylic acids is 1. The lowest BCUT2D eigenvalue weighted by Crippen LogP contribution is -2.19. The van der Waals surface area contributed by atoms with Crippen LogP contribution < -0.4 is 25.3 Å². The van der Waals surface area contributed by atoms with Crippen molar-refractivity contribution in [2.45, 2.75) is 6.92 Å². The molecular formula is C30H30ClN5O4. The number of aryl methyl sites for hydroxylation is 1. The summed E-state index contributed by atoms with van der Waals surface area (Å²) < 4.78 is 16.5. The molecule has 3 aromatic carbocycles. The Bertz CT molecular complexity index is 1630. The summed E-state index contributed by atoms with van der Waals surface area (Å²) >= 11 is 6.37. The Kier molecular flexibility index (Phi) is 8.94. The van der Waals surface area contributed by atoms with Crippen LogP contribution in [0.2, 0.25) is 5.02 Å². The summed E-state index contributed by atoms with van der Waals surface area (Å²) in [6.45, 7) is 3.18. The molecule has 3 N–H and O–H groups in total. The van der Waals surface area contributed by atoms with Gasteiger partial charge in [-0.3, -0.25) is 4.79 Å². The third-order valence-corrected chi connectivity index (χ3v) is 6.31. The van der Waals surface area contributed by atoms with Gasteiger partial charge in [0.1, 0.15) is 18.1 Å².